The Kier molecular flexibility index (Phi) is 4.34. The fourth-order valence-electron chi connectivity index (χ4n) is 2.88. The summed E-state index contributed by atoms with van der Waals surface area (Å²) in [7, 11) is -3.87. The van der Waals surface area contributed by atoms with Crippen molar-refractivity contribution in [2.75, 3.05) is 11.9 Å². The fraction of sp³-hybridized carbons (Fsp3) is 0.222. The Bertz CT molecular complexity index is 947. The van der Waals surface area contributed by atoms with Gasteiger partial charge in [0.25, 0.3) is 5.91 Å². The van der Waals surface area contributed by atoms with E-state index in [9.17, 15) is 18.0 Å². The zero-order valence-electron chi connectivity index (χ0n) is 13.9. The van der Waals surface area contributed by atoms with Crippen LogP contribution >= 0.6 is 0 Å². The van der Waals surface area contributed by atoms with E-state index in [-0.39, 0.29) is 5.75 Å². The van der Waals surface area contributed by atoms with E-state index in [1.807, 2.05) is 32.0 Å². The second kappa shape index (κ2) is 6.33. The minimum Gasteiger partial charge on any atom is -0.324 e. The smallest absolute Gasteiger partial charge is 0.268 e. The highest BCUT2D eigenvalue weighted by Gasteiger charge is 2.36. The molecule has 2 aromatic rings. The molecule has 2 amide bonds. The fourth-order valence-corrected chi connectivity index (χ4v) is 4.35. The molecule has 1 aliphatic heterocycles. The first kappa shape index (κ1) is 17.2. The van der Waals surface area contributed by atoms with E-state index in [1.54, 1.807) is 24.3 Å². The summed E-state index contributed by atoms with van der Waals surface area (Å²) in [6.45, 7) is 3.16. The standard InChI is InChI=1S/C18H18N2O4S/c1-12-6-5-7-13(2)17(12)19-16(21)10-20-18(22)15-9-4-3-8-14(15)11-25(20,23)24/h3-9H,10-11H2,1-2H3,(H,19,21). The lowest BCUT2D eigenvalue weighted by Crippen LogP contribution is -2.45. The molecular weight excluding hydrogens is 340 g/mol. The molecule has 1 aliphatic rings. The minimum absolute atomic E-state index is 0.286. The van der Waals surface area contributed by atoms with E-state index < -0.39 is 28.4 Å². The highest BCUT2D eigenvalue weighted by atomic mass is 32.2. The van der Waals surface area contributed by atoms with Crippen molar-refractivity contribution in [3.8, 4) is 0 Å². The van der Waals surface area contributed by atoms with Crippen molar-refractivity contribution in [2.45, 2.75) is 19.6 Å². The minimum atomic E-state index is -3.87. The number of carbonyl (C=O) groups excluding carboxylic acids is 2. The third-order valence-electron chi connectivity index (χ3n) is 4.18. The lowest BCUT2D eigenvalue weighted by atomic mass is 10.1. The number of anilines is 1. The quantitative estimate of drug-likeness (QED) is 0.912. The Morgan fingerprint density at radius 2 is 1.72 bits per heavy atom. The number of rotatable bonds is 3. The van der Waals surface area contributed by atoms with E-state index in [0.717, 1.165) is 11.1 Å². The Hall–Kier alpha value is -2.67. The first-order chi connectivity index (χ1) is 11.8. The number of fused-ring (bicyclic) bond motifs is 1. The maximum Gasteiger partial charge on any atom is 0.268 e. The van der Waals surface area contributed by atoms with Crippen molar-refractivity contribution < 1.29 is 18.0 Å². The summed E-state index contributed by atoms with van der Waals surface area (Å²) in [6.07, 6.45) is 0. The zero-order valence-corrected chi connectivity index (χ0v) is 14.8. The molecule has 25 heavy (non-hydrogen) atoms. The number of hydrogen-bond acceptors (Lipinski definition) is 4. The normalized spacial score (nSPS) is 15.6. The predicted octanol–water partition coefficient (Wildman–Crippen LogP) is 2.23. The van der Waals surface area contributed by atoms with Gasteiger partial charge in [-0.3, -0.25) is 9.59 Å². The number of sulfonamides is 1. The summed E-state index contributed by atoms with van der Waals surface area (Å²) in [5.74, 6) is -1.50. The molecule has 3 rings (SSSR count). The van der Waals surface area contributed by atoms with Crippen molar-refractivity contribution in [2.24, 2.45) is 0 Å². The van der Waals surface area contributed by atoms with E-state index in [4.69, 9.17) is 0 Å². The van der Waals surface area contributed by atoms with Gasteiger partial charge < -0.3 is 5.32 Å². The van der Waals surface area contributed by atoms with Gasteiger partial charge in [0.05, 0.1) is 5.75 Å². The summed E-state index contributed by atoms with van der Waals surface area (Å²) in [6, 6.07) is 12.1. The zero-order chi connectivity index (χ0) is 18.2. The molecule has 0 atom stereocenters. The van der Waals surface area contributed by atoms with Gasteiger partial charge in [-0.05, 0) is 36.6 Å². The molecule has 0 saturated carbocycles. The molecule has 130 valence electrons. The molecule has 0 fully saturated rings. The van der Waals surface area contributed by atoms with E-state index in [2.05, 4.69) is 5.32 Å². The van der Waals surface area contributed by atoms with Gasteiger partial charge in [0, 0.05) is 11.3 Å². The lowest BCUT2D eigenvalue weighted by Gasteiger charge is -2.27. The number of carbonyl (C=O) groups is 2. The molecule has 7 heteroatoms. The van der Waals surface area contributed by atoms with Crippen LogP contribution in [0.4, 0.5) is 5.69 Å². The molecule has 0 unspecified atom stereocenters. The molecule has 0 spiro atoms. The molecule has 0 bridgehead atoms. The summed E-state index contributed by atoms with van der Waals surface area (Å²) in [5.41, 5.74) is 3.14. The molecule has 0 saturated heterocycles. The number of nitrogens with zero attached hydrogens (tertiary/aromatic N) is 1. The summed E-state index contributed by atoms with van der Waals surface area (Å²) in [4.78, 5) is 24.9. The topological polar surface area (TPSA) is 83.6 Å². The van der Waals surface area contributed by atoms with Gasteiger partial charge in [-0.2, -0.15) is 0 Å². The summed E-state index contributed by atoms with van der Waals surface area (Å²) in [5, 5.41) is 2.71. The molecule has 0 aliphatic carbocycles. The van der Waals surface area contributed by atoms with E-state index >= 15 is 0 Å². The maximum absolute atomic E-state index is 12.5. The van der Waals surface area contributed by atoms with Gasteiger partial charge in [-0.15, -0.1) is 0 Å². The Labute approximate surface area is 146 Å². The van der Waals surface area contributed by atoms with Gasteiger partial charge in [0.2, 0.25) is 15.9 Å². The molecule has 6 nitrogen and oxygen atoms in total. The number of hydrogen-bond donors (Lipinski definition) is 1. The third kappa shape index (κ3) is 3.28. The maximum atomic E-state index is 12.5. The molecule has 2 aromatic carbocycles. The number of amides is 2. The van der Waals surface area contributed by atoms with Crippen LogP contribution in [0.5, 0.6) is 0 Å². The molecular formula is C18H18N2O4S. The van der Waals surface area contributed by atoms with Crippen LogP contribution in [0.15, 0.2) is 42.5 Å². The average Bonchev–Trinajstić information content (AvgIpc) is 2.55. The molecule has 0 radical (unpaired) electrons. The van der Waals surface area contributed by atoms with Crippen LogP contribution < -0.4 is 5.32 Å². The van der Waals surface area contributed by atoms with Gasteiger partial charge in [0.1, 0.15) is 6.54 Å². The molecule has 0 aromatic heterocycles. The summed E-state index contributed by atoms with van der Waals surface area (Å²) < 4.78 is 25.5. The van der Waals surface area contributed by atoms with Crippen molar-refractivity contribution in [1.29, 1.82) is 0 Å². The Morgan fingerprint density at radius 3 is 2.40 bits per heavy atom. The average molecular weight is 358 g/mol. The summed E-state index contributed by atoms with van der Waals surface area (Å²) >= 11 is 0. The number of aryl methyl sites for hydroxylation is 2. The lowest BCUT2D eigenvalue weighted by molar-refractivity contribution is -0.116. The van der Waals surface area contributed by atoms with Crippen molar-refractivity contribution in [3.63, 3.8) is 0 Å². The van der Waals surface area contributed by atoms with E-state index in [0.29, 0.717) is 21.1 Å². The van der Waals surface area contributed by atoms with Crippen LogP contribution in [0.2, 0.25) is 0 Å². The van der Waals surface area contributed by atoms with Crippen LogP contribution in [0.3, 0.4) is 0 Å². The van der Waals surface area contributed by atoms with Crippen molar-refractivity contribution >= 4 is 27.5 Å². The van der Waals surface area contributed by atoms with Gasteiger partial charge in [-0.1, -0.05) is 36.4 Å². The Balaban J connectivity index is 1.85. The monoisotopic (exact) mass is 358 g/mol. The van der Waals surface area contributed by atoms with Crippen LogP contribution in [0.1, 0.15) is 27.0 Å². The first-order valence-electron chi connectivity index (χ1n) is 7.78. The van der Waals surface area contributed by atoms with Crippen LogP contribution in [-0.2, 0) is 20.6 Å². The van der Waals surface area contributed by atoms with Crippen LogP contribution in [0.25, 0.3) is 0 Å². The third-order valence-corrected chi connectivity index (χ3v) is 5.82. The SMILES string of the molecule is Cc1cccc(C)c1NC(=O)CN1C(=O)c2ccccc2CS1(=O)=O. The second-order valence-electron chi connectivity index (χ2n) is 6.04. The first-order valence-corrected chi connectivity index (χ1v) is 9.39. The highest BCUT2D eigenvalue weighted by Crippen LogP contribution is 2.25. The van der Waals surface area contributed by atoms with Crippen LogP contribution in [0, 0.1) is 13.8 Å². The number of para-hydroxylation sites is 1. The Morgan fingerprint density at radius 1 is 1.08 bits per heavy atom. The van der Waals surface area contributed by atoms with Gasteiger partial charge in [-0.25, -0.2) is 12.7 Å². The van der Waals surface area contributed by atoms with Gasteiger partial charge >= 0.3 is 0 Å². The predicted molar refractivity (Wildman–Crippen MR) is 94.6 cm³/mol. The van der Waals surface area contributed by atoms with E-state index in [1.165, 1.54) is 0 Å². The molecule has 1 heterocycles. The highest BCUT2D eigenvalue weighted by molar-refractivity contribution is 7.89. The number of benzene rings is 2. The molecule has 1 N–H and O–H groups in total. The second-order valence-corrected chi connectivity index (χ2v) is 7.93. The van der Waals surface area contributed by atoms with Crippen molar-refractivity contribution in [1.82, 2.24) is 4.31 Å². The van der Waals surface area contributed by atoms with Gasteiger partial charge in [0.15, 0.2) is 0 Å². The van der Waals surface area contributed by atoms with Crippen molar-refractivity contribution in [3.05, 3.63) is 64.7 Å². The van der Waals surface area contributed by atoms with Crippen LogP contribution in [-0.4, -0.2) is 31.1 Å². The number of nitrogens with one attached hydrogen (secondary N) is 1. The largest absolute Gasteiger partial charge is 0.324 e.